The summed E-state index contributed by atoms with van der Waals surface area (Å²) in [6.07, 6.45) is 1.86. The van der Waals surface area contributed by atoms with Crippen molar-refractivity contribution < 1.29 is 32.8 Å². The molecule has 0 fully saturated rings. The molecule has 0 atom stereocenters. The van der Waals surface area contributed by atoms with Gasteiger partial charge in [-0.25, -0.2) is 32.9 Å². The van der Waals surface area contributed by atoms with Crippen LogP contribution in [0.1, 0.15) is 41.5 Å². The fourth-order valence-corrected chi connectivity index (χ4v) is 5.25. The van der Waals surface area contributed by atoms with Gasteiger partial charge >= 0.3 is 11.8 Å². The van der Waals surface area contributed by atoms with Gasteiger partial charge in [-0.15, -0.1) is 0 Å². The first kappa shape index (κ1) is 34.1. The number of nitro groups is 1. The van der Waals surface area contributed by atoms with Crippen LogP contribution in [0.3, 0.4) is 0 Å². The Bertz CT molecular complexity index is 2290. The van der Waals surface area contributed by atoms with E-state index < -0.39 is 51.4 Å². The standard InChI is InChI=1S/C34H27F2N7O8/c1-19(2)41-16-26(32(45)42(33(41)46)22-6-3-20(35)4-7-22)30(44)39-21-5-12-29(27(36)15-21)51-31-25-13-14-40(17-28(25)37-18-38-31)34(47)50-24-10-8-23(9-11-24)43(48)49/h3-12,15-16,18-19H,13-14,17H2,1-2H3,(H,39,44). The number of non-ortho nitro benzene ring substituents is 1. The molecular weight excluding hydrogens is 672 g/mol. The average Bonchev–Trinajstić information content (AvgIpc) is 3.10. The SMILES string of the molecule is CC(C)n1cc(C(=O)Nc2ccc(Oc3ncnc4c3CCN(C(=O)Oc3ccc([N+](=O)[O-])cc3)C4)c(F)c2)c(=O)n(-c2ccc(F)cc2)c1=O. The number of ether oxygens (including phenoxy) is 2. The second kappa shape index (κ2) is 14.0. The molecule has 1 N–H and O–H groups in total. The van der Waals surface area contributed by atoms with Gasteiger partial charge in [0.2, 0.25) is 5.88 Å². The Kier molecular flexibility index (Phi) is 9.35. The molecule has 0 spiro atoms. The molecule has 5 aromatic rings. The zero-order valence-electron chi connectivity index (χ0n) is 26.9. The lowest BCUT2D eigenvalue weighted by Crippen LogP contribution is -2.42. The molecule has 0 saturated carbocycles. The molecule has 51 heavy (non-hydrogen) atoms. The van der Waals surface area contributed by atoms with Crippen molar-refractivity contribution in [2.24, 2.45) is 0 Å². The van der Waals surface area contributed by atoms with E-state index in [1.54, 1.807) is 13.8 Å². The second-order valence-corrected chi connectivity index (χ2v) is 11.5. The van der Waals surface area contributed by atoms with E-state index in [1.807, 2.05) is 0 Å². The lowest BCUT2D eigenvalue weighted by molar-refractivity contribution is -0.384. The fraction of sp³-hybridized carbons (Fsp3) is 0.176. The van der Waals surface area contributed by atoms with Crippen LogP contribution in [-0.4, -0.2) is 47.5 Å². The number of nitrogens with zero attached hydrogens (tertiary/aromatic N) is 6. The van der Waals surface area contributed by atoms with Crippen LogP contribution in [0.2, 0.25) is 0 Å². The number of anilines is 1. The highest BCUT2D eigenvalue weighted by Crippen LogP contribution is 2.31. The minimum absolute atomic E-state index is 0.0215. The van der Waals surface area contributed by atoms with Crippen molar-refractivity contribution in [2.45, 2.75) is 32.9 Å². The quantitative estimate of drug-likeness (QED) is 0.168. The van der Waals surface area contributed by atoms with Crippen LogP contribution in [0, 0.1) is 21.7 Å². The summed E-state index contributed by atoms with van der Waals surface area (Å²) in [5.41, 5.74) is -1.23. The maximum atomic E-state index is 15.3. The number of carbonyl (C=O) groups excluding carboxylic acids is 2. The summed E-state index contributed by atoms with van der Waals surface area (Å²) in [6, 6.07) is 12.8. The van der Waals surface area contributed by atoms with Gasteiger partial charge in [-0.05, 0) is 68.8 Å². The summed E-state index contributed by atoms with van der Waals surface area (Å²) < 4.78 is 41.9. The van der Waals surface area contributed by atoms with Gasteiger partial charge in [-0.1, -0.05) is 0 Å². The molecule has 260 valence electrons. The third-order valence-electron chi connectivity index (χ3n) is 7.87. The predicted molar refractivity (Wildman–Crippen MR) is 176 cm³/mol. The van der Waals surface area contributed by atoms with Gasteiger partial charge in [0, 0.05) is 48.2 Å². The van der Waals surface area contributed by atoms with Gasteiger partial charge < -0.3 is 19.7 Å². The van der Waals surface area contributed by atoms with Crippen LogP contribution in [0.25, 0.3) is 5.69 Å². The molecular formula is C34H27F2N7O8. The number of nitrogens with one attached hydrogen (secondary N) is 1. The molecule has 0 saturated heterocycles. The van der Waals surface area contributed by atoms with Crippen molar-refractivity contribution in [2.75, 3.05) is 11.9 Å². The number of benzene rings is 3. The number of rotatable bonds is 8. The van der Waals surface area contributed by atoms with E-state index in [0.717, 1.165) is 29.0 Å². The minimum Gasteiger partial charge on any atom is -0.436 e. The van der Waals surface area contributed by atoms with E-state index >= 15 is 4.39 Å². The number of hydrogen-bond acceptors (Lipinski definition) is 10. The molecule has 1 aliphatic rings. The lowest BCUT2D eigenvalue weighted by Gasteiger charge is -2.27. The Hall–Kier alpha value is -6.78. The van der Waals surface area contributed by atoms with E-state index in [4.69, 9.17) is 9.47 Å². The van der Waals surface area contributed by atoms with E-state index in [-0.39, 0.29) is 54.0 Å². The van der Waals surface area contributed by atoms with Crippen molar-refractivity contribution in [3.05, 3.63) is 139 Å². The highest BCUT2D eigenvalue weighted by molar-refractivity contribution is 6.03. The first-order valence-corrected chi connectivity index (χ1v) is 15.4. The number of aromatic nitrogens is 4. The number of fused-ring (bicyclic) bond motifs is 1. The summed E-state index contributed by atoms with van der Waals surface area (Å²) in [6.45, 7) is 3.57. The smallest absolute Gasteiger partial charge is 0.415 e. The van der Waals surface area contributed by atoms with Crippen molar-refractivity contribution in [3.63, 3.8) is 0 Å². The first-order chi connectivity index (χ1) is 24.4. The fourth-order valence-electron chi connectivity index (χ4n) is 5.25. The summed E-state index contributed by atoms with van der Waals surface area (Å²) in [7, 11) is 0. The summed E-state index contributed by atoms with van der Waals surface area (Å²) in [4.78, 5) is 72.5. The third-order valence-corrected chi connectivity index (χ3v) is 7.87. The first-order valence-electron chi connectivity index (χ1n) is 15.4. The zero-order valence-corrected chi connectivity index (χ0v) is 26.9. The van der Waals surface area contributed by atoms with Gasteiger partial charge in [-0.2, -0.15) is 0 Å². The Balaban J connectivity index is 1.17. The highest BCUT2D eigenvalue weighted by atomic mass is 19.1. The molecule has 0 bridgehead atoms. The molecule has 15 nitrogen and oxygen atoms in total. The molecule has 0 radical (unpaired) electrons. The van der Waals surface area contributed by atoms with Crippen molar-refractivity contribution in [3.8, 4) is 23.1 Å². The van der Waals surface area contributed by atoms with E-state index in [0.29, 0.717) is 11.3 Å². The minimum atomic E-state index is -0.951. The van der Waals surface area contributed by atoms with E-state index in [1.165, 1.54) is 64.3 Å². The van der Waals surface area contributed by atoms with Gasteiger partial charge in [0.05, 0.1) is 22.8 Å². The summed E-state index contributed by atoms with van der Waals surface area (Å²) >= 11 is 0. The van der Waals surface area contributed by atoms with Crippen LogP contribution in [-0.2, 0) is 13.0 Å². The van der Waals surface area contributed by atoms with Crippen LogP contribution in [0.15, 0.2) is 88.8 Å². The largest absolute Gasteiger partial charge is 0.436 e. The molecule has 3 heterocycles. The summed E-state index contributed by atoms with van der Waals surface area (Å²) in [5.74, 6) is -2.43. The zero-order chi connectivity index (χ0) is 36.4. The number of amides is 2. The number of hydrogen-bond donors (Lipinski definition) is 1. The monoisotopic (exact) mass is 699 g/mol. The third kappa shape index (κ3) is 7.17. The van der Waals surface area contributed by atoms with Crippen LogP contribution < -0.4 is 26.0 Å². The molecule has 0 aliphatic carbocycles. The van der Waals surface area contributed by atoms with Gasteiger partial charge in [0.1, 0.15) is 23.5 Å². The van der Waals surface area contributed by atoms with Crippen molar-refractivity contribution in [1.29, 1.82) is 0 Å². The van der Waals surface area contributed by atoms with Crippen molar-refractivity contribution in [1.82, 2.24) is 24.0 Å². The molecule has 3 aromatic carbocycles. The molecule has 6 rings (SSSR count). The van der Waals surface area contributed by atoms with Crippen LogP contribution >= 0.6 is 0 Å². The van der Waals surface area contributed by atoms with E-state index in [9.17, 15) is 33.7 Å². The van der Waals surface area contributed by atoms with Gasteiger partial charge in [0.25, 0.3) is 17.2 Å². The Morgan fingerprint density at radius 3 is 2.39 bits per heavy atom. The van der Waals surface area contributed by atoms with E-state index in [2.05, 4.69) is 15.3 Å². The summed E-state index contributed by atoms with van der Waals surface area (Å²) in [5, 5.41) is 13.3. The number of halogens is 2. The normalized spacial score (nSPS) is 12.3. The van der Waals surface area contributed by atoms with Gasteiger partial charge in [0.15, 0.2) is 11.6 Å². The predicted octanol–water partition coefficient (Wildman–Crippen LogP) is 5.16. The lowest BCUT2D eigenvalue weighted by atomic mass is 10.1. The molecule has 17 heteroatoms. The Morgan fingerprint density at radius 2 is 1.73 bits per heavy atom. The number of nitro benzene ring substituents is 1. The van der Waals surface area contributed by atoms with Crippen LogP contribution in [0.4, 0.5) is 25.0 Å². The molecule has 0 unspecified atom stereocenters. The topological polar surface area (TPSA) is 181 Å². The molecule has 2 amide bonds. The molecule has 2 aromatic heterocycles. The van der Waals surface area contributed by atoms with Gasteiger partial charge in [-0.3, -0.25) is 24.3 Å². The maximum absolute atomic E-state index is 15.3. The molecule has 1 aliphatic heterocycles. The Morgan fingerprint density at radius 1 is 1.00 bits per heavy atom. The van der Waals surface area contributed by atoms with Crippen molar-refractivity contribution >= 4 is 23.4 Å². The second-order valence-electron chi connectivity index (χ2n) is 11.5. The average molecular weight is 700 g/mol. The van der Waals surface area contributed by atoms with Crippen LogP contribution in [0.5, 0.6) is 17.4 Å². The highest BCUT2D eigenvalue weighted by Gasteiger charge is 2.27. The number of carbonyl (C=O) groups is 2. The Labute approximate surface area is 286 Å². The maximum Gasteiger partial charge on any atom is 0.415 e.